The summed E-state index contributed by atoms with van der Waals surface area (Å²) in [6.45, 7) is 0.707. The van der Waals surface area contributed by atoms with Crippen molar-refractivity contribution in [2.45, 2.75) is 24.7 Å². The van der Waals surface area contributed by atoms with Crippen molar-refractivity contribution in [1.82, 2.24) is 10.3 Å². The molecule has 32 heavy (non-hydrogen) atoms. The van der Waals surface area contributed by atoms with E-state index in [4.69, 9.17) is 0 Å². The van der Waals surface area contributed by atoms with Crippen molar-refractivity contribution < 1.29 is 4.79 Å². The van der Waals surface area contributed by atoms with E-state index in [-0.39, 0.29) is 5.91 Å². The standard InChI is InChI=1S/C28H24N2OS/c31-26(15-20-17-32-28(30-20)18-8-2-1-3-9-18)29-16-19-14-25-21-10-4-6-12-23(21)27(19)24-13-7-5-11-22(24)25/h1-13,17,19,25,27H,14-16H2,(H,29,31). The van der Waals surface area contributed by atoms with Crippen LogP contribution in [0.1, 0.15) is 46.2 Å². The van der Waals surface area contributed by atoms with Crippen LogP contribution in [0.4, 0.5) is 0 Å². The van der Waals surface area contributed by atoms with Gasteiger partial charge in [0, 0.05) is 29.3 Å². The molecule has 1 heterocycles. The molecule has 4 aromatic rings. The lowest BCUT2D eigenvalue weighted by Crippen LogP contribution is -2.39. The van der Waals surface area contributed by atoms with Gasteiger partial charge in [-0.15, -0.1) is 11.3 Å². The average molecular weight is 437 g/mol. The fourth-order valence-corrected chi connectivity index (χ4v) is 6.36. The minimum Gasteiger partial charge on any atom is -0.355 e. The Balaban J connectivity index is 1.16. The number of carbonyl (C=O) groups excluding carboxylic acids is 1. The first-order chi connectivity index (χ1) is 15.8. The van der Waals surface area contributed by atoms with Crippen molar-refractivity contribution in [2.75, 3.05) is 6.54 Å². The number of rotatable bonds is 5. The molecule has 1 atom stereocenters. The van der Waals surface area contributed by atoms with Gasteiger partial charge in [0.05, 0.1) is 12.1 Å². The Kier molecular flexibility index (Phi) is 4.88. The molecule has 3 aliphatic carbocycles. The van der Waals surface area contributed by atoms with Crippen molar-refractivity contribution in [1.29, 1.82) is 0 Å². The van der Waals surface area contributed by atoms with Gasteiger partial charge in [-0.1, -0.05) is 78.9 Å². The van der Waals surface area contributed by atoms with Gasteiger partial charge >= 0.3 is 0 Å². The first-order valence-electron chi connectivity index (χ1n) is 11.2. The molecule has 0 spiro atoms. The number of benzene rings is 3. The Morgan fingerprint density at radius 3 is 2.19 bits per heavy atom. The molecule has 4 heteroatoms. The van der Waals surface area contributed by atoms with Crippen LogP contribution in [0.25, 0.3) is 10.6 Å². The average Bonchev–Trinajstić information content (AvgIpc) is 3.32. The van der Waals surface area contributed by atoms with Crippen LogP contribution in [0.5, 0.6) is 0 Å². The second kappa shape index (κ2) is 8.03. The highest BCUT2D eigenvalue weighted by Crippen LogP contribution is 2.55. The first-order valence-corrected chi connectivity index (χ1v) is 12.1. The SMILES string of the molecule is O=C(Cc1csc(-c2ccccc2)n1)NCC1CC2c3ccccc3C1c1ccccc12. The summed E-state index contributed by atoms with van der Waals surface area (Å²) < 4.78 is 0. The summed E-state index contributed by atoms with van der Waals surface area (Å²) in [5.74, 6) is 1.26. The highest BCUT2D eigenvalue weighted by atomic mass is 32.1. The lowest BCUT2D eigenvalue weighted by molar-refractivity contribution is -0.120. The zero-order valence-electron chi connectivity index (χ0n) is 17.7. The minimum atomic E-state index is 0.0536. The zero-order valence-corrected chi connectivity index (χ0v) is 18.5. The minimum absolute atomic E-state index is 0.0536. The third-order valence-electron chi connectivity index (χ3n) is 6.90. The van der Waals surface area contributed by atoms with Crippen molar-refractivity contribution in [2.24, 2.45) is 5.92 Å². The summed E-state index contributed by atoms with van der Waals surface area (Å²) in [4.78, 5) is 17.4. The van der Waals surface area contributed by atoms with Crippen molar-refractivity contribution in [3.05, 3.63) is 112 Å². The number of thiazole rings is 1. The van der Waals surface area contributed by atoms with Crippen LogP contribution in [0, 0.1) is 5.92 Å². The molecule has 1 unspecified atom stereocenters. The van der Waals surface area contributed by atoms with E-state index in [0.717, 1.165) is 22.7 Å². The molecule has 1 amide bonds. The summed E-state index contributed by atoms with van der Waals surface area (Å²) in [7, 11) is 0. The second-order valence-corrected chi connectivity index (χ2v) is 9.63. The third-order valence-corrected chi connectivity index (χ3v) is 7.84. The number of nitrogens with one attached hydrogen (secondary N) is 1. The second-order valence-electron chi connectivity index (χ2n) is 8.77. The number of hydrogen-bond donors (Lipinski definition) is 1. The highest BCUT2D eigenvalue weighted by molar-refractivity contribution is 7.13. The fraction of sp³-hybridized carbons (Fsp3) is 0.214. The van der Waals surface area contributed by atoms with Gasteiger partial charge < -0.3 is 5.32 Å². The maximum Gasteiger partial charge on any atom is 0.226 e. The Morgan fingerprint density at radius 1 is 0.875 bits per heavy atom. The fourth-order valence-electron chi connectivity index (χ4n) is 5.53. The Bertz CT molecular complexity index is 1230. The highest BCUT2D eigenvalue weighted by Gasteiger charge is 2.42. The number of carbonyl (C=O) groups is 1. The lowest BCUT2D eigenvalue weighted by atomic mass is 9.59. The van der Waals surface area contributed by atoms with Gasteiger partial charge in [-0.2, -0.15) is 0 Å². The van der Waals surface area contributed by atoms with Gasteiger partial charge in [-0.3, -0.25) is 4.79 Å². The molecule has 0 fully saturated rings. The van der Waals surface area contributed by atoms with Crippen LogP contribution in [0.15, 0.2) is 84.2 Å². The van der Waals surface area contributed by atoms with Crippen molar-refractivity contribution >= 4 is 17.2 Å². The number of hydrogen-bond acceptors (Lipinski definition) is 3. The molecule has 7 rings (SSSR count). The molecule has 0 aliphatic heterocycles. The molecule has 1 aromatic heterocycles. The molecule has 0 saturated heterocycles. The molecular weight excluding hydrogens is 412 g/mol. The summed E-state index contributed by atoms with van der Waals surface area (Å²) in [5, 5.41) is 6.18. The molecule has 3 aliphatic rings. The van der Waals surface area contributed by atoms with E-state index in [0.29, 0.717) is 30.7 Å². The normalized spacial score (nSPS) is 20.4. The monoisotopic (exact) mass is 436 g/mol. The van der Waals surface area contributed by atoms with E-state index in [9.17, 15) is 4.79 Å². The molecular formula is C28H24N2OS. The molecule has 0 saturated carbocycles. The quantitative estimate of drug-likeness (QED) is 0.432. The molecule has 158 valence electrons. The number of amides is 1. The van der Waals surface area contributed by atoms with E-state index < -0.39 is 0 Å². The first kappa shape index (κ1) is 19.4. The zero-order chi connectivity index (χ0) is 21.5. The van der Waals surface area contributed by atoms with Gasteiger partial charge in [0.25, 0.3) is 0 Å². The maximum absolute atomic E-state index is 12.8. The smallest absolute Gasteiger partial charge is 0.226 e. The Labute approximate surface area is 192 Å². The van der Waals surface area contributed by atoms with Crippen LogP contribution in [-0.2, 0) is 11.2 Å². The van der Waals surface area contributed by atoms with Crippen LogP contribution < -0.4 is 5.32 Å². The van der Waals surface area contributed by atoms with E-state index in [2.05, 4.69) is 71.0 Å². The third kappa shape index (κ3) is 3.35. The van der Waals surface area contributed by atoms with Crippen LogP contribution in [0.2, 0.25) is 0 Å². The van der Waals surface area contributed by atoms with Crippen molar-refractivity contribution in [3.63, 3.8) is 0 Å². The molecule has 3 aromatic carbocycles. The van der Waals surface area contributed by atoms with E-state index >= 15 is 0 Å². The van der Waals surface area contributed by atoms with Crippen LogP contribution in [0.3, 0.4) is 0 Å². The van der Waals surface area contributed by atoms with Gasteiger partial charge in [-0.25, -0.2) is 4.98 Å². The largest absolute Gasteiger partial charge is 0.355 e. The van der Waals surface area contributed by atoms with Gasteiger partial charge in [0.2, 0.25) is 5.91 Å². The van der Waals surface area contributed by atoms with Crippen molar-refractivity contribution in [3.8, 4) is 10.6 Å². The van der Waals surface area contributed by atoms with E-state index in [1.54, 1.807) is 11.3 Å². The molecule has 3 nitrogen and oxygen atoms in total. The number of fused-ring (bicyclic) bond motifs is 1. The Morgan fingerprint density at radius 2 is 1.50 bits per heavy atom. The number of aromatic nitrogens is 1. The lowest BCUT2D eigenvalue weighted by Gasteiger charge is -2.45. The molecule has 1 N–H and O–H groups in total. The summed E-state index contributed by atoms with van der Waals surface area (Å²) in [5.41, 5.74) is 7.75. The topological polar surface area (TPSA) is 42.0 Å². The van der Waals surface area contributed by atoms with Gasteiger partial charge in [0.15, 0.2) is 0 Å². The molecule has 2 bridgehead atoms. The predicted molar refractivity (Wildman–Crippen MR) is 129 cm³/mol. The van der Waals surface area contributed by atoms with Gasteiger partial charge in [-0.05, 0) is 34.6 Å². The van der Waals surface area contributed by atoms with Gasteiger partial charge in [0.1, 0.15) is 5.01 Å². The van der Waals surface area contributed by atoms with Crippen LogP contribution in [-0.4, -0.2) is 17.4 Å². The van der Waals surface area contributed by atoms with E-state index in [1.807, 2.05) is 23.6 Å². The Hall–Kier alpha value is -3.24. The van der Waals surface area contributed by atoms with E-state index in [1.165, 1.54) is 22.3 Å². The summed E-state index contributed by atoms with van der Waals surface area (Å²) >= 11 is 1.59. The summed E-state index contributed by atoms with van der Waals surface area (Å²) in [6, 6.07) is 27.8. The molecule has 0 radical (unpaired) electrons. The van der Waals surface area contributed by atoms with Crippen LogP contribution >= 0.6 is 11.3 Å². The predicted octanol–water partition coefficient (Wildman–Crippen LogP) is 5.77. The maximum atomic E-state index is 12.8. The number of nitrogens with zero attached hydrogens (tertiary/aromatic N) is 1. The summed E-state index contributed by atoms with van der Waals surface area (Å²) in [6.07, 6.45) is 1.42.